The molecule has 0 unspecified atom stereocenters. The minimum absolute atomic E-state index is 0.00981. The van der Waals surface area contributed by atoms with Gasteiger partial charge in [0, 0.05) is 45.3 Å². The van der Waals surface area contributed by atoms with Crippen molar-refractivity contribution in [2.75, 3.05) is 39.3 Å². The Morgan fingerprint density at radius 3 is 1.92 bits per heavy atom. The predicted octanol–water partition coefficient (Wildman–Crippen LogP) is 1.76. The van der Waals surface area contributed by atoms with E-state index in [0.29, 0.717) is 13.1 Å². The van der Waals surface area contributed by atoms with Crippen LogP contribution in [0.4, 0.5) is 4.79 Å². The van der Waals surface area contributed by atoms with Gasteiger partial charge in [-0.2, -0.15) is 0 Å². The first-order valence-electron chi connectivity index (χ1n) is 9.28. The molecule has 2 heterocycles. The number of amides is 3. The summed E-state index contributed by atoms with van der Waals surface area (Å²) in [6.45, 7) is 15.1. The molecule has 0 aromatic carbocycles. The molecule has 6 nitrogen and oxygen atoms in total. The van der Waals surface area contributed by atoms with Crippen LogP contribution in [0.2, 0.25) is 0 Å². The van der Waals surface area contributed by atoms with Crippen LogP contribution in [0.15, 0.2) is 0 Å². The lowest BCUT2D eigenvalue weighted by Gasteiger charge is -2.39. The summed E-state index contributed by atoms with van der Waals surface area (Å²) < 4.78 is 0. The van der Waals surface area contributed by atoms with E-state index in [9.17, 15) is 9.59 Å². The van der Waals surface area contributed by atoms with Gasteiger partial charge in [0.15, 0.2) is 0 Å². The topological polar surface area (TPSA) is 55.9 Å². The van der Waals surface area contributed by atoms with Gasteiger partial charge in [-0.3, -0.25) is 9.69 Å². The summed E-state index contributed by atoms with van der Waals surface area (Å²) in [5.74, 6) is 0.242. The van der Waals surface area contributed by atoms with Crippen molar-refractivity contribution in [3.05, 3.63) is 0 Å². The number of urea groups is 1. The second-order valence-corrected chi connectivity index (χ2v) is 8.27. The highest BCUT2D eigenvalue weighted by atomic mass is 16.2. The molecular formula is C18H34N4O2. The van der Waals surface area contributed by atoms with E-state index in [0.717, 1.165) is 39.0 Å². The number of carbonyl (C=O) groups is 2. The molecule has 2 rings (SSSR count). The zero-order chi connectivity index (χ0) is 17.9. The van der Waals surface area contributed by atoms with Crippen molar-refractivity contribution in [3.63, 3.8) is 0 Å². The summed E-state index contributed by atoms with van der Waals surface area (Å²) in [6, 6.07) is 0.0519. The minimum atomic E-state index is -0.0817. The van der Waals surface area contributed by atoms with Crippen molar-refractivity contribution < 1.29 is 9.59 Å². The molecule has 0 spiro atoms. The molecule has 0 saturated carbocycles. The van der Waals surface area contributed by atoms with Crippen molar-refractivity contribution in [1.82, 2.24) is 20.0 Å². The molecule has 0 aromatic rings. The first-order valence-corrected chi connectivity index (χ1v) is 9.28. The van der Waals surface area contributed by atoms with Gasteiger partial charge in [-0.25, -0.2) is 4.79 Å². The summed E-state index contributed by atoms with van der Waals surface area (Å²) in [5, 5.41) is 3.09. The highest BCUT2D eigenvalue weighted by Gasteiger charge is 2.31. The maximum Gasteiger partial charge on any atom is 0.317 e. The molecule has 24 heavy (non-hydrogen) atoms. The Morgan fingerprint density at radius 2 is 1.42 bits per heavy atom. The Balaban J connectivity index is 1.80. The smallest absolute Gasteiger partial charge is 0.317 e. The van der Waals surface area contributed by atoms with Gasteiger partial charge >= 0.3 is 6.03 Å². The van der Waals surface area contributed by atoms with E-state index in [2.05, 4.69) is 31.0 Å². The van der Waals surface area contributed by atoms with E-state index in [1.807, 2.05) is 23.6 Å². The summed E-state index contributed by atoms with van der Waals surface area (Å²) in [6.07, 6.45) is 2.25. The molecule has 0 aliphatic carbocycles. The maximum atomic E-state index is 12.5. The van der Waals surface area contributed by atoms with Crippen molar-refractivity contribution in [2.45, 2.75) is 59.5 Å². The van der Waals surface area contributed by atoms with Crippen LogP contribution in [-0.4, -0.2) is 78.0 Å². The lowest BCUT2D eigenvalue weighted by molar-refractivity contribution is -0.135. The molecule has 2 saturated heterocycles. The SMILES string of the molecule is C[C@H](NC(=O)N1CCN([C@@H](C)C(=O)N2CCCC2)CC1)C(C)(C)C. The van der Waals surface area contributed by atoms with Crippen molar-refractivity contribution >= 4 is 11.9 Å². The average Bonchev–Trinajstić information content (AvgIpc) is 3.07. The van der Waals surface area contributed by atoms with Gasteiger partial charge in [-0.1, -0.05) is 20.8 Å². The van der Waals surface area contributed by atoms with Gasteiger partial charge in [0.1, 0.15) is 0 Å². The fourth-order valence-electron chi connectivity index (χ4n) is 3.16. The molecule has 138 valence electrons. The number of piperazine rings is 1. The minimum Gasteiger partial charge on any atom is -0.341 e. The first kappa shape index (κ1) is 19.0. The van der Waals surface area contributed by atoms with Crippen molar-refractivity contribution in [3.8, 4) is 0 Å². The van der Waals surface area contributed by atoms with E-state index in [1.165, 1.54) is 0 Å². The zero-order valence-corrected chi connectivity index (χ0v) is 16.0. The number of nitrogens with one attached hydrogen (secondary N) is 1. The van der Waals surface area contributed by atoms with Gasteiger partial charge in [0.05, 0.1) is 6.04 Å². The number of nitrogens with zero attached hydrogens (tertiary/aromatic N) is 3. The number of rotatable bonds is 3. The first-order chi connectivity index (χ1) is 11.2. The summed E-state index contributed by atoms with van der Waals surface area (Å²) in [4.78, 5) is 31.0. The van der Waals surface area contributed by atoms with Gasteiger partial charge < -0.3 is 15.1 Å². The second-order valence-electron chi connectivity index (χ2n) is 8.27. The molecule has 0 radical (unpaired) electrons. The molecule has 2 aliphatic rings. The normalized spacial score (nSPS) is 22.4. The third-order valence-corrected chi connectivity index (χ3v) is 5.56. The molecule has 2 aliphatic heterocycles. The number of hydrogen-bond donors (Lipinski definition) is 1. The predicted molar refractivity (Wildman–Crippen MR) is 95.9 cm³/mol. The average molecular weight is 338 g/mol. The number of hydrogen-bond acceptors (Lipinski definition) is 3. The molecule has 0 bridgehead atoms. The van der Waals surface area contributed by atoms with E-state index in [-0.39, 0.29) is 29.4 Å². The maximum absolute atomic E-state index is 12.5. The van der Waals surface area contributed by atoms with Crippen LogP contribution >= 0.6 is 0 Å². The Bertz CT molecular complexity index is 446. The second kappa shape index (κ2) is 7.72. The van der Waals surface area contributed by atoms with E-state index < -0.39 is 0 Å². The van der Waals surface area contributed by atoms with Gasteiger partial charge in [-0.15, -0.1) is 0 Å². The fraction of sp³-hybridized carbons (Fsp3) is 0.889. The van der Waals surface area contributed by atoms with Crippen LogP contribution in [0, 0.1) is 5.41 Å². The Labute approximate surface area is 146 Å². The lowest BCUT2D eigenvalue weighted by Crippen LogP contribution is -2.58. The molecule has 0 aromatic heterocycles. The Kier molecular flexibility index (Phi) is 6.12. The van der Waals surface area contributed by atoms with Crippen molar-refractivity contribution in [2.24, 2.45) is 5.41 Å². The fourth-order valence-corrected chi connectivity index (χ4v) is 3.16. The number of likely N-dealkylation sites (tertiary alicyclic amines) is 1. The van der Waals surface area contributed by atoms with Crippen LogP contribution in [-0.2, 0) is 4.79 Å². The summed E-state index contributed by atoms with van der Waals surface area (Å²) in [7, 11) is 0. The lowest BCUT2D eigenvalue weighted by atomic mass is 9.88. The van der Waals surface area contributed by atoms with Crippen molar-refractivity contribution in [1.29, 1.82) is 0 Å². The summed E-state index contributed by atoms with van der Waals surface area (Å²) >= 11 is 0. The van der Waals surface area contributed by atoms with E-state index in [4.69, 9.17) is 0 Å². The summed E-state index contributed by atoms with van der Waals surface area (Å²) in [5.41, 5.74) is 0.0497. The Morgan fingerprint density at radius 1 is 0.875 bits per heavy atom. The largest absolute Gasteiger partial charge is 0.341 e. The van der Waals surface area contributed by atoms with Gasteiger partial charge in [0.25, 0.3) is 0 Å². The van der Waals surface area contributed by atoms with Crippen LogP contribution in [0.5, 0.6) is 0 Å². The van der Waals surface area contributed by atoms with Gasteiger partial charge in [-0.05, 0) is 32.1 Å². The Hall–Kier alpha value is -1.30. The monoisotopic (exact) mass is 338 g/mol. The van der Waals surface area contributed by atoms with Crippen LogP contribution in [0.25, 0.3) is 0 Å². The molecule has 2 fully saturated rings. The standard InChI is InChI=1S/C18H34N4O2/c1-14(16(23)21-8-6-7-9-21)20-10-12-22(13-11-20)17(24)19-15(2)18(3,4)5/h14-15H,6-13H2,1-5H3,(H,19,24)/t14-,15-/m0/s1. The van der Waals surface area contributed by atoms with E-state index >= 15 is 0 Å². The molecular weight excluding hydrogens is 304 g/mol. The van der Waals surface area contributed by atoms with Gasteiger partial charge in [0.2, 0.25) is 5.91 Å². The highest BCUT2D eigenvalue weighted by molar-refractivity contribution is 5.81. The third kappa shape index (κ3) is 4.62. The highest BCUT2D eigenvalue weighted by Crippen LogP contribution is 2.19. The quantitative estimate of drug-likeness (QED) is 0.853. The molecule has 6 heteroatoms. The van der Waals surface area contributed by atoms with Crippen LogP contribution in [0.1, 0.15) is 47.5 Å². The van der Waals surface area contributed by atoms with Crippen LogP contribution < -0.4 is 5.32 Å². The number of carbonyl (C=O) groups excluding carboxylic acids is 2. The molecule has 3 amide bonds. The molecule has 1 N–H and O–H groups in total. The van der Waals surface area contributed by atoms with Crippen LogP contribution in [0.3, 0.4) is 0 Å². The zero-order valence-electron chi connectivity index (χ0n) is 16.0. The van der Waals surface area contributed by atoms with E-state index in [1.54, 1.807) is 0 Å². The molecule has 2 atom stereocenters. The third-order valence-electron chi connectivity index (χ3n) is 5.56.